The lowest BCUT2D eigenvalue weighted by Crippen LogP contribution is -1.64. The average molecular weight is 91.1 g/mol. The van der Waals surface area contributed by atoms with Gasteiger partial charge in [-0.05, 0) is 0 Å². The van der Waals surface area contributed by atoms with Gasteiger partial charge in [0, 0.05) is 0 Å². The van der Waals surface area contributed by atoms with E-state index in [-0.39, 0.29) is 0 Å². The summed E-state index contributed by atoms with van der Waals surface area (Å²) in [5.74, 6) is 0. The van der Waals surface area contributed by atoms with Gasteiger partial charge in [-0.2, -0.15) is 18.1 Å². The lowest BCUT2D eigenvalue weighted by atomic mass is 10.2. The van der Waals surface area contributed by atoms with Crippen molar-refractivity contribution in [1.82, 2.24) is 0 Å². The summed E-state index contributed by atoms with van der Waals surface area (Å²) in [5.41, 5.74) is 4.21. The Bertz CT molecular complexity index is 143. The van der Waals surface area contributed by atoms with Crippen LogP contribution in [0.3, 0.4) is 0 Å². The van der Waals surface area contributed by atoms with E-state index < -0.39 is 0 Å². The normalized spacial score (nSPS) is 14.7. The lowest BCUT2D eigenvalue weighted by molar-refractivity contribution is 1.47. The fourth-order valence-electron chi connectivity index (χ4n) is 0.524. The highest BCUT2D eigenvalue weighted by Crippen LogP contribution is 2.02. The van der Waals surface area contributed by atoms with Gasteiger partial charge in [-0.25, -0.2) is 0 Å². The lowest BCUT2D eigenvalue weighted by Gasteiger charge is -1.94. The first kappa shape index (κ1) is 4.29. The van der Waals surface area contributed by atoms with Crippen LogP contribution in [0.4, 0.5) is 0 Å². The Labute approximate surface area is 43.9 Å². The molecule has 1 aliphatic rings. The van der Waals surface area contributed by atoms with E-state index in [0.29, 0.717) is 0 Å². The second-order valence-corrected chi connectivity index (χ2v) is 1.41. The van der Waals surface area contributed by atoms with E-state index in [9.17, 15) is 0 Å². The summed E-state index contributed by atoms with van der Waals surface area (Å²) >= 11 is 0. The third-order valence-corrected chi connectivity index (χ3v) is 0.933. The molecule has 0 N–H and O–H groups in total. The molecule has 0 aromatic heterocycles. The maximum absolute atomic E-state index is 3.03. The maximum Gasteiger partial charge on any atom is -0.0914 e. The molecule has 0 saturated heterocycles. The largest absolute Gasteiger partial charge is 0.278 e. The minimum atomic E-state index is 1.18. The van der Waals surface area contributed by atoms with Crippen molar-refractivity contribution < 1.29 is 0 Å². The first-order valence-electron chi connectivity index (χ1n) is 2.36. The molecule has 0 nitrogen and oxygen atoms in total. The minimum Gasteiger partial charge on any atom is -0.278 e. The molecule has 36 valence electrons. The zero-order valence-electron chi connectivity index (χ0n) is 4.31. The molecule has 1 aliphatic carbocycles. The minimum absolute atomic E-state index is 1.18. The number of hydrogen-bond donors (Lipinski definition) is 0. The maximum atomic E-state index is 3.03. The first-order valence-corrected chi connectivity index (χ1v) is 2.36. The Morgan fingerprint density at radius 1 is 1.71 bits per heavy atom. The molecule has 0 spiro atoms. The highest BCUT2D eigenvalue weighted by Gasteiger charge is 1.72. The predicted molar refractivity (Wildman–Crippen MR) is 30.7 cm³/mol. The molecule has 0 aliphatic heterocycles. The van der Waals surface area contributed by atoms with Crippen LogP contribution in [0.5, 0.6) is 0 Å². The molecule has 1 rings (SSSR count). The SMILES string of the molecule is C[CH-]C1=C=CC=C1. The highest BCUT2D eigenvalue weighted by atomic mass is 13.9. The molecule has 0 heteroatoms. The molecule has 0 unspecified atom stereocenters. The van der Waals surface area contributed by atoms with Gasteiger partial charge >= 0.3 is 0 Å². The van der Waals surface area contributed by atoms with Crippen molar-refractivity contribution in [2.75, 3.05) is 0 Å². The number of allylic oxidation sites excluding steroid dienone is 3. The molecule has 0 amide bonds. The van der Waals surface area contributed by atoms with Crippen molar-refractivity contribution in [1.29, 1.82) is 0 Å². The summed E-state index contributed by atoms with van der Waals surface area (Å²) in [6.45, 7) is 2.01. The number of rotatable bonds is 1. The van der Waals surface area contributed by atoms with Gasteiger partial charge in [0.05, 0.1) is 0 Å². The average Bonchev–Trinajstić information content (AvgIpc) is 2.14. The molecule has 0 fully saturated rings. The van der Waals surface area contributed by atoms with Gasteiger partial charge < -0.3 is 0 Å². The van der Waals surface area contributed by atoms with Crippen molar-refractivity contribution in [2.24, 2.45) is 0 Å². The molecular weight excluding hydrogens is 84.1 g/mol. The van der Waals surface area contributed by atoms with E-state index in [2.05, 4.69) is 5.73 Å². The van der Waals surface area contributed by atoms with Gasteiger partial charge in [0.15, 0.2) is 0 Å². The third-order valence-electron chi connectivity index (χ3n) is 0.933. The standard InChI is InChI=1S/C7H7/c1-2-7-5-3-4-6-7/h2-5H,1H3/q-1. The molecule has 0 radical (unpaired) electrons. The van der Waals surface area contributed by atoms with E-state index in [1.54, 1.807) is 0 Å². The summed E-state index contributed by atoms with van der Waals surface area (Å²) in [6, 6.07) is 0. The first-order chi connectivity index (χ1) is 3.43. The Balaban J connectivity index is 2.72. The van der Waals surface area contributed by atoms with Crippen LogP contribution in [0.15, 0.2) is 29.5 Å². The Morgan fingerprint density at radius 2 is 2.57 bits per heavy atom. The molecule has 0 bridgehead atoms. The fraction of sp³-hybridized carbons (Fsp3) is 0.143. The monoisotopic (exact) mass is 91.1 g/mol. The summed E-state index contributed by atoms with van der Waals surface area (Å²) in [7, 11) is 0. The van der Waals surface area contributed by atoms with Crippen molar-refractivity contribution in [2.45, 2.75) is 6.92 Å². The second-order valence-electron chi connectivity index (χ2n) is 1.41. The quantitative estimate of drug-likeness (QED) is 0.341. The van der Waals surface area contributed by atoms with Gasteiger partial charge in [-0.15, -0.1) is 6.08 Å². The molecule has 7 heavy (non-hydrogen) atoms. The van der Waals surface area contributed by atoms with E-state index in [0.717, 1.165) is 0 Å². The molecule has 0 aromatic rings. The van der Waals surface area contributed by atoms with Crippen LogP contribution < -0.4 is 0 Å². The van der Waals surface area contributed by atoms with E-state index in [1.807, 2.05) is 31.6 Å². The fourth-order valence-corrected chi connectivity index (χ4v) is 0.524. The summed E-state index contributed by atoms with van der Waals surface area (Å²) in [6.07, 6.45) is 7.95. The van der Waals surface area contributed by atoms with E-state index in [1.165, 1.54) is 5.57 Å². The van der Waals surface area contributed by atoms with Crippen LogP contribution in [0, 0.1) is 6.42 Å². The van der Waals surface area contributed by atoms with Crippen molar-refractivity contribution in [3.63, 3.8) is 0 Å². The Hall–Kier alpha value is -0.870. The zero-order valence-corrected chi connectivity index (χ0v) is 4.31. The van der Waals surface area contributed by atoms with Crippen molar-refractivity contribution >= 4 is 0 Å². The zero-order chi connectivity index (χ0) is 5.11. The van der Waals surface area contributed by atoms with E-state index in [4.69, 9.17) is 0 Å². The predicted octanol–water partition coefficient (Wildman–Crippen LogP) is 1.86. The van der Waals surface area contributed by atoms with Crippen LogP contribution in [0.2, 0.25) is 0 Å². The molecular formula is C7H7-. The van der Waals surface area contributed by atoms with Crippen molar-refractivity contribution in [3.05, 3.63) is 36.0 Å². The van der Waals surface area contributed by atoms with Gasteiger partial charge in [0.2, 0.25) is 0 Å². The van der Waals surface area contributed by atoms with Crippen LogP contribution in [0.1, 0.15) is 6.92 Å². The molecule has 0 aromatic carbocycles. The summed E-state index contributed by atoms with van der Waals surface area (Å²) in [4.78, 5) is 0. The van der Waals surface area contributed by atoms with Crippen LogP contribution in [-0.4, -0.2) is 0 Å². The van der Waals surface area contributed by atoms with Crippen LogP contribution in [-0.2, 0) is 0 Å². The Kier molecular flexibility index (Phi) is 1.06. The summed E-state index contributed by atoms with van der Waals surface area (Å²) < 4.78 is 0. The van der Waals surface area contributed by atoms with Gasteiger partial charge in [-0.1, -0.05) is 13.0 Å². The van der Waals surface area contributed by atoms with Gasteiger partial charge in [-0.3, -0.25) is 5.73 Å². The molecule has 0 saturated carbocycles. The third kappa shape index (κ3) is 0.760. The summed E-state index contributed by atoms with van der Waals surface area (Å²) in [5, 5.41) is 0. The number of hydrogen-bond acceptors (Lipinski definition) is 0. The Morgan fingerprint density at radius 3 is 2.86 bits per heavy atom. The van der Waals surface area contributed by atoms with Crippen LogP contribution in [0.25, 0.3) is 0 Å². The molecule has 0 atom stereocenters. The van der Waals surface area contributed by atoms with Gasteiger partial charge in [0.25, 0.3) is 0 Å². The molecule has 0 heterocycles. The van der Waals surface area contributed by atoms with Crippen molar-refractivity contribution in [3.8, 4) is 0 Å². The highest BCUT2D eigenvalue weighted by molar-refractivity contribution is 5.33. The van der Waals surface area contributed by atoms with Crippen LogP contribution >= 0.6 is 0 Å². The van der Waals surface area contributed by atoms with Gasteiger partial charge in [0.1, 0.15) is 0 Å². The van der Waals surface area contributed by atoms with E-state index >= 15 is 0 Å². The smallest absolute Gasteiger partial charge is 0.0914 e. The topological polar surface area (TPSA) is 0 Å². The second kappa shape index (κ2) is 1.72.